The second-order valence-corrected chi connectivity index (χ2v) is 5.33. The van der Waals surface area contributed by atoms with Gasteiger partial charge in [-0.25, -0.2) is 4.98 Å². The van der Waals surface area contributed by atoms with Gasteiger partial charge in [-0.2, -0.15) is 0 Å². The summed E-state index contributed by atoms with van der Waals surface area (Å²) in [5.74, 6) is 0. The number of fused-ring (bicyclic) bond motifs is 2. The van der Waals surface area contributed by atoms with Gasteiger partial charge in [0.2, 0.25) is 27.5 Å². The first-order valence-electron chi connectivity index (χ1n) is 7.35. The van der Waals surface area contributed by atoms with Gasteiger partial charge in [-0.1, -0.05) is 18.2 Å². The average molecular weight is 311 g/mol. The molecule has 3 aromatic carbocycles. The molecule has 110 valence electrons. The number of hydrogen-bond acceptors (Lipinski definition) is 3. The molecule has 4 aromatic rings. The first kappa shape index (κ1) is 13.7. The molecule has 0 aliphatic rings. The summed E-state index contributed by atoms with van der Waals surface area (Å²) in [6.07, 6.45) is 0. The van der Waals surface area contributed by atoms with Crippen molar-refractivity contribution in [1.82, 2.24) is 4.98 Å². The number of nitrogens with zero attached hydrogens (tertiary/aromatic N) is 6. The van der Waals surface area contributed by atoms with Gasteiger partial charge in [-0.05, 0) is 12.1 Å². The molecule has 0 aliphatic carbocycles. The fourth-order valence-corrected chi connectivity index (χ4v) is 2.81. The van der Waals surface area contributed by atoms with E-state index in [4.69, 9.17) is 10.8 Å². The zero-order valence-electron chi connectivity index (χ0n) is 12.5. The van der Waals surface area contributed by atoms with Crippen molar-refractivity contribution in [3.05, 3.63) is 76.7 Å². The Kier molecular flexibility index (Phi) is 3.08. The lowest BCUT2D eigenvalue weighted by molar-refractivity contribution is -0.538. The van der Waals surface area contributed by atoms with Crippen LogP contribution in [0.4, 0.5) is 11.4 Å². The molecule has 0 unspecified atom stereocenters. The summed E-state index contributed by atoms with van der Waals surface area (Å²) in [5, 5.41) is 18.2. The van der Waals surface area contributed by atoms with Gasteiger partial charge in [-0.15, -0.1) is 4.57 Å². The summed E-state index contributed by atoms with van der Waals surface area (Å²) in [6, 6.07) is 20.3. The van der Waals surface area contributed by atoms with Gasteiger partial charge in [0, 0.05) is 24.3 Å². The highest BCUT2D eigenvalue weighted by atomic mass is 15.0. The number of benzene rings is 3. The molecule has 0 fully saturated rings. The van der Waals surface area contributed by atoms with E-state index < -0.39 is 0 Å². The van der Waals surface area contributed by atoms with Gasteiger partial charge < -0.3 is 0 Å². The minimum Gasteiger partial charge on any atom is -0.235 e. The molecule has 6 nitrogen and oxygen atoms in total. The van der Waals surface area contributed by atoms with Crippen LogP contribution in [-0.2, 0) is 0 Å². The van der Waals surface area contributed by atoms with Crippen molar-refractivity contribution < 1.29 is 4.57 Å². The van der Waals surface area contributed by atoms with Crippen LogP contribution in [0.1, 0.15) is 0 Å². The summed E-state index contributed by atoms with van der Waals surface area (Å²) < 4.78 is 2.00. The van der Waals surface area contributed by atoms with Crippen LogP contribution in [0.15, 0.2) is 66.7 Å². The van der Waals surface area contributed by atoms with E-state index in [1.807, 2.05) is 47.0 Å². The Balaban J connectivity index is 2.23. The fraction of sp³-hybridized carbons (Fsp3) is 0. The lowest BCUT2D eigenvalue weighted by Gasteiger charge is -2.03. The van der Waals surface area contributed by atoms with Gasteiger partial charge in [0.15, 0.2) is 9.95 Å². The predicted octanol–water partition coefficient (Wildman–Crippen LogP) is 4.63. The highest BCUT2D eigenvalue weighted by Gasteiger charge is 2.24. The van der Waals surface area contributed by atoms with Gasteiger partial charge in [0.05, 0.1) is 0 Å². The van der Waals surface area contributed by atoms with Crippen LogP contribution in [0.3, 0.4) is 0 Å². The zero-order valence-corrected chi connectivity index (χ0v) is 12.5. The molecule has 0 spiro atoms. The molecule has 0 radical (unpaired) electrons. The maximum Gasteiger partial charge on any atom is 0.391 e. The molecule has 0 saturated heterocycles. The molecule has 0 N–H and O–H groups in total. The standard InChI is InChI=1S/C18H11N6/c19-22-12-6-8-15-17(10-12)24(14-4-2-1-3-5-14)18-11-13(23-20)7-9-16(18)21-15/h1-11H/q+3. The highest BCUT2D eigenvalue weighted by molar-refractivity contribution is 5.86. The number of aromatic nitrogens is 2. The Morgan fingerprint density at radius 2 is 1.25 bits per heavy atom. The van der Waals surface area contributed by atoms with Crippen LogP contribution in [0.2, 0.25) is 0 Å². The Bertz CT molecular complexity index is 1100. The fourth-order valence-electron chi connectivity index (χ4n) is 2.81. The third kappa shape index (κ3) is 2.11. The molecule has 1 aromatic heterocycles. The van der Waals surface area contributed by atoms with Crippen molar-refractivity contribution in [3.8, 4) is 5.69 Å². The van der Waals surface area contributed by atoms with Crippen molar-refractivity contribution >= 4 is 33.4 Å². The van der Waals surface area contributed by atoms with E-state index in [-0.39, 0.29) is 0 Å². The number of diazo groups is 2. The van der Waals surface area contributed by atoms with Crippen LogP contribution >= 0.6 is 0 Å². The zero-order chi connectivity index (χ0) is 16.5. The van der Waals surface area contributed by atoms with E-state index in [9.17, 15) is 0 Å². The van der Waals surface area contributed by atoms with Crippen LogP contribution in [0, 0.1) is 10.8 Å². The van der Waals surface area contributed by atoms with E-state index >= 15 is 0 Å². The van der Waals surface area contributed by atoms with Crippen LogP contribution < -0.4 is 4.57 Å². The normalized spacial score (nSPS) is 10.4. The quantitative estimate of drug-likeness (QED) is 0.292. The van der Waals surface area contributed by atoms with Crippen LogP contribution in [0.25, 0.3) is 37.7 Å². The van der Waals surface area contributed by atoms with Crippen molar-refractivity contribution in [2.45, 2.75) is 0 Å². The van der Waals surface area contributed by atoms with Crippen molar-refractivity contribution in [2.24, 2.45) is 0 Å². The molecule has 24 heavy (non-hydrogen) atoms. The Morgan fingerprint density at radius 3 is 1.75 bits per heavy atom. The second kappa shape index (κ2) is 5.38. The Hall–Kier alpha value is -3.90. The number of rotatable bonds is 1. The van der Waals surface area contributed by atoms with E-state index in [2.05, 4.69) is 14.9 Å². The van der Waals surface area contributed by atoms with E-state index in [1.165, 1.54) is 0 Å². The lowest BCUT2D eigenvalue weighted by atomic mass is 10.2. The maximum absolute atomic E-state index is 9.10. The second-order valence-electron chi connectivity index (χ2n) is 5.33. The topological polar surface area (TPSA) is 73.1 Å². The molecule has 0 saturated carbocycles. The monoisotopic (exact) mass is 311 g/mol. The molecule has 0 amide bonds. The molecular formula is C18H11N6+3. The third-order valence-electron chi connectivity index (χ3n) is 3.89. The van der Waals surface area contributed by atoms with Crippen LogP contribution in [0.5, 0.6) is 0 Å². The van der Waals surface area contributed by atoms with Crippen molar-refractivity contribution in [3.63, 3.8) is 0 Å². The molecule has 0 bridgehead atoms. The summed E-state index contributed by atoms with van der Waals surface area (Å²) in [7, 11) is 0. The average Bonchev–Trinajstić information content (AvgIpc) is 2.65. The highest BCUT2D eigenvalue weighted by Crippen LogP contribution is 2.24. The van der Waals surface area contributed by atoms with Gasteiger partial charge >= 0.3 is 11.4 Å². The number of hydrogen-bond donors (Lipinski definition) is 0. The summed E-state index contributed by atoms with van der Waals surface area (Å²) in [4.78, 5) is 11.2. The molecule has 4 rings (SSSR count). The molecule has 0 aliphatic heterocycles. The Labute approximate surface area is 136 Å². The minimum atomic E-state index is 0.441. The van der Waals surface area contributed by atoms with Gasteiger partial charge in [0.25, 0.3) is 0 Å². The summed E-state index contributed by atoms with van der Waals surface area (Å²) >= 11 is 0. The number of para-hydroxylation sites is 1. The lowest BCUT2D eigenvalue weighted by Crippen LogP contribution is -2.33. The van der Waals surface area contributed by atoms with E-state index in [0.717, 1.165) is 27.8 Å². The van der Waals surface area contributed by atoms with Crippen molar-refractivity contribution in [2.75, 3.05) is 0 Å². The molecular weight excluding hydrogens is 300 g/mol. The largest absolute Gasteiger partial charge is 0.391 e. The first-order chi connectivity index (χ1) is 11.8. The Morgan fingerprint density at radius 1 is 0.708 bits per heavy atom. The smallest absolute Gasteiger partial charge is 0.235 e. The molecule has 0 atom stereocenters. The van der Waals surface area contributed by atoms with Crippen molar-refractivity contribution in [1.29, 1.82) is 10.8 Å². The summed E-state index contributed by atoms with van der Waals surface area (Å²) in [6.45, 7) is 0. The predicted molar refractivity (Wildman–Crippen MR) is 90.3 cm³/mol. The molecule has 1 heterocycles. The third-order valence-corrected chi connectivity index (χ3v) is 3.89. The summed E-state index contributed by atoms with van der Waals surface area (Å²) in [5.41, 5.74) is 4.94. The maximum atomic E-state index is 9.10. The van der Waals surface area contributed by atoms with Gasteiger partial charge in [0.1, 0.15) is 23.2 Å². The van der Waals surface area contributed by atoms with E-state index in [1.54, 1.807) is 24.3 Å². The van der Waals surface area contributed by atoms with Crippen LogP contribution in [-0.4, -0.2) is 4.98 Å². The first-order valence-corrected chi connectivity index (χ1v) is 7.35. The SMILES string of the molecule is N#[N+]c1ccc2nc3ccc([N+]#N)cc3[n+](-c3ccccc3)c2c1. The molecule has 6 heteroatoms. The van der Waals surface area contributed by atoms with E-state index in [0.29, 0.717) is 11.4 Å². The minimum absolute atomic E-state index is 0.441. The van der Waals surface area contributed by atoms with Gasteiger partial charge in [-0.3, -0.25) is 0 Å².